The van der Waals surface area contributed by atoms with Crippen LogP contribution in [0.4, 0.5) is 27.5 Å². The molecule has 4 aromatic rings. The zero-order valence-corrected chi connectivity index (χ0v) is 25.1. The molecule has 0 saturated heterocycles. The molecule has 43 heavy (non-hydrogen) atoms. The van der Waals surface area contributed by atoms with Crippen molar-refractivity contribution in [1.29, 1.82) is 0 Å². The Balaban J connectivity index is 0.000000248. The van der Waals surface area contributed by atoms with Crippen LogP contribution in [0.25, 0.3) is 20.9 Å². The van der Waals surface area contributed by atoms with E-state index in [4.69, 9.17) is 21.9 Å². The number of primary amides is 2. The van der Waals surface area contributed by atoms with Crippen molar-refractivity contribution >= 4 is 75.1 Å². The fourth-order valence-electron chi connectivity index (χ4n) is 3.39. The number of ether oxygens (including phenoxy) is 1. The molecule has 2 aromatic heterocycles. The summed E-state index contributed by atoms with van der Waals surface area (Å²) >= 11 is 3.09. The molecule has 0 unspecified atom stereocenters. The molecule has 5 amide bonds. The van der Waals surface area contributed by atoms with Crippen LogP contribution in [0.3, 0.4) is 0 Å². The van der Waals surface area contributed by atoms with E-state index >= 15 is 0 Å². The van der Waals surface area contributed by atoms with Crippen molar-refractivity contribution in [2.45, 2.75) is 26.4 Å². The Kier molecular flexibility index (Phi) is 10.6. The van der Waals surface area contributed by atoms with Gasteiger partial charge in [0, 0.05) is 9.75 Å². The zero-order chi connectivity index (χ0) is 31.7. The quantitative estimate of drug-likeness (QED) is 0.137. The summed E-state index contributed by atoms with van der Waals surface area (Å²) in [7, 11) is 0. The van der Waals surface area contributed by atoms with Gasteiger partial charge >= 0.3 is 29.7 Å². The standard InChI is InChI=1S/C17H19N3O4S.C12H11N3O2S/c1-17(2,3)24-16(23)20-11-7-6-10(13-5-4-8-25-13)9-12(11)19-15(22)14(18)21;13-8-4-3-7(10-2-1-5-18-10)6-9(8)15-12(17)11(14)16/h4-9H,1-3H3,(H2,18,21)(H,19,22)(H,20,23);1-6H,13H2,(H2,14,16)(H,15,17). The zero-order valence-electron chi connectivity index (χ0n) is 23.4. The van der Waals surface area contributed by atoms with Crippen LogP contribution in [-0.4, -0.2) is 35.3 Å². The largest absolute Gasteiger partial charge is 0.444 e. The van der Waals surface area contributed by atoms with Crippen molar-refractivity contribution in [3.63, 3.8) is 0 Å². The van der Waals surface area contributed by atoms with E-state index in [1.807, 2.05) is 41.1 Å². The van der Waals surface area contributed by atoms with E-state index in [1.165, 1.54) is 11.3 Å². The number of thiophene rings is 2. The van der Waals surface area contributed by atoms with Gasteiger partial charge in [0.2, 0.25) is 0 Å². The van der Waals surface area contributed by atoms with Crippen LogP contribution in [-0.2, 0) is 23.9 Å². The molecular formula is C29H30N6O6S2. The van der Waals surface area contributed by atoms with Crippen LogP contribution in [0, 0.1) is 0 Å². The first kappa shape index (κ1) is 32.3. The van der Waals surface area contributed by atoms with Crippen molar-refractivity contribution in [2.24, 2.45) is 11.5 Å². The SMILES string of the molecule is CC(C)(C)OC(=O)Nc1ccc(-c2cccs2)cc1NC(=O)C(N)=O.NC(=O)C(=O)Nc1cc(-c2cccs2)ccc1N. The third-order valence-corrected chi connectivity index (χ3v) is 7.10. The maximum atomic E-state index is 12.0. The molecule has 0 aliphatic rings. The van der Waals surface area contributed by atoms with Crippen molar-refractivity contribution in [3.05, 3.63) is 71.4 Å². The number of carbonyl (C=O) groups excluding carboxylic acids is 5. The number of amides is 5. The number of rotatable bonds is 5. The summed E-state index contributed by atoms with van der Waals surface area (Å²) in [5.41, 5.74) is 18.0. The number of nitrogens with two attached hydrogens (primary N) is 3. The summed E-state index contributed by atoms with van der Waals surface area (Å²) in [5, 5.41) is 11.2. The van der Waals surface area contributed by atoms with E-state index in [9.17, 15) is 24.0 Å². The Bertz CT molecular complexity index is 1630. The molecule has 0 fully saturated rings. The fourth-order valence-corrected chi connectivity index (χ4v) is 4.84. The lowest BCUT2D eigenvalue weighted by atomic mass is 10.1. The van der Waals surface area contributed by atoms with E-state index < -0.39 is 35.3 Å². The van der Waals surface area contributed by atoms with Gasteiger partial charge in [0.05, 0.1) is 22.7 Å². The van der Waals surface area contributed by atoms with Gasteiger partial charge < -0.3 is 32.6 Å². The fraction of sp³-hybridized carbons (Fsp3) is 0.138. The molecule has 2 heterocycles. The van der Waals surface area contributed by atoms with E-state index in [2.05, 4.69) is 16.0 Å². The van der Waals surface area contributed by atoms with Crippen LogP contribution in [0.5, 0.6) is 0 Å². The lowest BCUT2D eigenvalue weighted by molar-refractivity contribution is -0.134. The number of nitrogen functional groups attached to an aromatic ring is 1. The maximum Gasteiger partial charge on any atom is 0.412 e. The molecule has 0 radical (unpaired) electrons. The monoisotopic (exact) mass is 622 g/mol. The third kappa shape index (κ3) is 9.69. The van der Waals surface area contributed by atoms with E-state index in [1.54, 1.807) is 62.4 Å². The first-order chi connectivity index (χ1) is 20.2. The normalized spacial score (nSPS) is 10.5. The van der Waals surface area contributed by atoms with E-state index in [0.29, 0.717) is 17.1 Å². The summed E-state index contributed by atoms with van der Waals surface area (Å²) in [5.74, 6) is -4.03. The molecule has 4 rings (SSSR count). The van der Waals surface area contributed by atoms with Crippen molar-refractivity contribution < 1.29 is 28.7 Å². The Labute approximate surface area is 255 Å². The summed E-state index contributed by atoms with van der Waals surface area (Å²) < 4.78 is 5.20. The lowest BCUT2D eigenvalue weighted by Gasteiger charge is -2.20. The molecule has 0 aliphatic carbocycles. The van der Waals surface area contributed by atoms with Crippen LogP contribution in [0.1, 0.15) is 20.8 Å². The molecule has 9 N–H and O–H groups in total. The molecule has 224 valence electrons. The number of hydrogen-bond acceptors (Lipinski definition) is 9. The predicted molar refractivity (Wildman–Crippen MR) is 169 cm³/mol. The minimum Gasteiger partial charge on any atom is -0.444 e. The smallest absolute Gasteiger partial charge is 0.412 e. The minimum atomic E-state index is -1.12. The lowest BCUT2D eigenvalue weighted by Crippen LogP contribution is -2.30. The average molecular weight is 623 g/mol. The highest BCUT2D eigenvalue weighted by Crippen LogP contribution is 2.32. The van der Waals surface area contributed by atoms with Gasteiger partial charge in [-0.1, -0.05) is 24.3 Å². The summed E-state index contributed by atoms with van der Waals surface area (Å²) in [6, 6.07) is 18.0. The third-order valence-electron chi connectivity index (χ3n) is 5.26. The molecular weight excluding hydrogens is 592 g/mol. The summed E-state index contributed by atoms with van der Waals surface area (Å²) in [4.78, 5) is 58.6. The van der Waals surface area contributed by atoms with E-state index in [-0.39, 0.29) is 5.69 Å². The van der Waals surface area contributed by atoms with Gasteiger partial charge in [-0.05, 0) is 79.1 Å². The molecule has 2 aromatic carbocycles. The number of benzene rings is 2. The second-order valence-corrected chi connectivity index (χ2v) is 11.7. The Morgan fingerprint density at radius 3 is 1.63 bits per heavy atom. The van der Waals surface area contributed by atoms with Gasteiger partial charge in [-0.2, -0.15) is 0 Å². The van der Waals surface area contributed by atoms with E-state index in [0.717, 1.165) is 20.9 Å². The maximum absolute atomic E-state index is 12.0. The Hall–Kier alpha value is -5.21. The first-order valence-corrected chi connectivity index (χ1v) is 14.3. The predicted octanol–water partition coefficient (Wildman–Crippen LogP) is 4.61. The number of hydrogen-bond donors (Lipinski definition) is 6. The molecule has 0 atom stereocenters. The highest BCUT2D eigenvalue weighted by atomic mass is 32.1. The topological polar surface area (TPSA) is 209 Å². The first-order valence-electron chi connectivity index (χ1n) is 12.6. The molecule has 14 heteroatoms. The van der Waals surface area contributed by atoms with Gasteiger partial charge in [-0.3, -0.25) is 24.5 Å². The van der Waals surface area contributed by atoms with Crippen LogP contribution in [0.15, 0.2) is 71.4 Å². The van der Waals surface area contributed by atoms with Gasteiger partial charge in [0.15, 0.2) is 0 Å². The highest BCUT2D eigenvalue weighted by molar-refractivity contribution is 7.13. The number of nitrogens with one attached hydrogen (secondary N) is 3. The Morgan fingerprint density at radius 1 is 0.674 bits per heavy atom. The van der Waals surface area contributed by atoms with Gasteiger partial charge in [-0.25, -0.2) is 4.79 Å². The molecule has 0 spiro atoms. The minimum absolute atomic E-state index is 0.251. The van der Waals surface area contributed by atoms with Crippen LogP contribution >= 0.6 is 22.7 Å². The second-order valence-electron chi connectivity index (χ2n) is 9.78. The number of anilines is 4. The average Bonchev–Trinajstić information content (AvgIpc) is 3.65. The van der Waals surface area contributed by atoms with Crippen LogP contribution in [0.2, 0.25) is 0 Å². The van der Waals surface area contributed by atoms with Gasteiger partial charge in [0.25, 0.3) is 0 Å². The molecule has 0 saturated carbocycles. The molecule has 0 bridgehead atoms. The van der Waals surface area contributed by atoms with Crippen LogP contribution < -0.4 is 33.2 Å². The summed E-state index contributed by atoms with van der Waals surface area (Å²) in [6.07, 6.45) is -0.675. The highest BCUT2D eigenvalue weighted by Gasteiger charge is 2.19. The second kappa shape index (κ2) is 14.1. The molecule has 0 aliphatic heterocycles. The molecule has 12 nitrogen and oxygen atoms in total. The number of carbonyl (C=O) groups is 5. The van der Waals surface area contributed by atoms with Gasteiger partial charge in [0.1, 0.15) is 5.60 Å². The van der Waals surface area contributed by atoms with Crippen molar-refractivity contribution in [3.8, 4) is 20.9 Å². The van der Waals surface area contributed by atoms with Crippen molar-refractivity contribution in [1.82, 2.24) is 0 Å². The Morgan fingerprint density at radius 2 is 1.16 bits per heavy atom. The summed E-state index contributed by atoms with van der Waals surface area (Å²) in [6.45, 7) is 5.22. The van der Waals surface area contributed by atoms with Gasteiger partial charge in [-0.15, -0.1) is 22.7 Å². The van der Waals surface area contributed by atoms with Crippen molar-refractivity contribution in [2.75, 3.05) is 21.7 Å².